The molecule has 8 heteroatoms. The Hall–Kier alpha value is -3.00. The minimum Gasteiger partial charge on any atom is -0.497 e. The van der Waals surface area contributed by atoms with Crippen LogP contribution < -0.4 is 15.9 Å². The van der Waals surface area contributed by atoms with E-state index in [0.29, 0.717) is 16.7 Å². The van der Waals surface area contributed by atoms with Gasteiger partial charge in [-0.1, -0.05) is 56.8 Å². The van der Waals surface area contributed by atoms with Crippen LogP contribution in [-0.4, -0.2) is 33.1 Å². The summed E-state index contributed by atoms with van der Waals surface area (Å²) in [5.41, 5.74) is 2.87. The van der Waals surface area contributed by atoms with Crippen molar-refractivity contribution in [1.82, 2.24) is 14.9 Å². The molecule has 3 aromatic rings. The highest BCUT2D eigenvalue weighted by molar-refractivity contribution is 8.00. The summed E-state index contributed by atoms with van der Waals surface area (Å²) in [6, 6.07) is 15.3. The number of benzene rings is 2. The van der Waals surface area contributed by atoms with Gasteiger partial charge in [-0.2, -0.15) is 0 Å². The fourth-order valence-corrected chi connectivity index (χ4v) is 3.57. The highest BCUT2D eigenvalue weighted by Gasteiger charge is 2.21. The molecular formula is C22H27N5O2S. The number of methoxy groups -OCH3 is 1. The molecule has 7 nitrogen and oxygen atoms in total. The van der Waals surface area contributed by atoms with Crippen LogP contribution >= 0.6 is 11.8 Å². The Labute approximate surface area is 181 Å². The number of nitrogen functional groups attached to an aromatic ring is 1. The van der Waals surface area contributed by atoms with Crippen molar-refractivity contribution in [3.63, 3.8) is 0 Å². The van der Waals surface area contributed by atoms with Gasteiger partial charge < -0.3 is 15.9 Å². The zero-order valence-electron chi connectivity index (χ0n) is 17.8. The van der Waals surface area contributed by atoms with E-state index in [1.807, 2.05) is 12.1 Å². The number of aromatic nitrogens is 3. The molecule has 0 bridgehead atoms. The van der Waals surface area contributed by atoms with Gasteiger partial charge in [0.05, 0.1) is 12.4 Å². The number of ether oxygens (including phenoxy) is 1. The Morgan fingerprint density at radius 3 is 2.30 bits per heavy atom. The Morgan fingerprint density at radius 1 is 1.10 bits per heavy atom. The first-order valence-electron chi connectivity index (χ1n) is 9.62. The fourth-order valence-electron chi connectivity index (χ4n) is 2.80. The number of hydrogen-bond donors (Lipinski definition) is 2. The Morgan fingerprint density at radius 2 is 1.73 bits per heavy atom. The molecule has 2 aromatic carbocycles. The van der Waals surface area contributed by atoms with Crippen molar-refractivity contribution in [2.45, 2.75) is 43.5 Å². The number of carbonyl (C=O) groups excluding carboxylic acids is 1. The molecule has 1 unspecified atom stereocenters. The van der Waals surface area contributed by atoms with Gasteiger partial charge in [0.2, 0.25) is 11.1 Å². The van der Waals surface area contributed by atoms with Crippen LogP contribution in [0.15, 0.2) is 53.7 Å². The second-order valence-corrected chi connectivity index (χ2v) is 9.29. The van der Waals surface area contributed by atoms with Crippen molar-refractivity contribution in [3.05, 3.63) is 54.1 Å². The molecule has 3 N–H and O–H groups in total. The maximum absolute atomic E-state index is 12.5. The van der Waals surface area contributed by atoms with E-state index in [9.17, 15) is 4.79 Å². The van der Waals surface area contributed by atoms with Crippen LogP contribution in [-0.2, 0) is 10.2 Å². The number of hydrogen-bond acceptors (Lipinski definition) is 6. The predicted molar refractivity (Wildman–Crippen MR) is 121 cm³/mol. The standard InChI is InChI=1S/C22H27N5O2S/c1-14(20(28)24-17-10-12-18(29-5)13-11-17)30-21-26-25-19(27(21)23)15-6-8-16(9-7-15)22(2,3)4/h6-14H,23H2,1-5H3,(H,24,28). The molecule has 0 saturated carbocycles. The molecule has 0 spiro atoms. The lowest BCUT2D eigenvalue weighted by molar-refractivity contribution is -0.115. The van der Waals surface area contributed by atoms with Crippen molar-refractivity contribution in [1.29, 1.82) is 0 Å². The molecular weight excluding hydrogens is 398 g/mol. The van der Waals surface area contributed by atoms with Crippen LogP contribution in [0.2, 0.25) is 0 Å². The third kappa shape index (κ3) is 4.94. The summed E-state index contributed by atoms with van der Waals surface area (Å²) in [5, 5.41) is 11.3. The first kappa shape index (κ1) is 21.7. The predicted octanol–water partition coefficient (Wildman–Crippen LogP) is 4.08. The normalized spacial score (nSPS) is 12.4. The van der Waals surface area contributed by atoms with Gasteiger partial charge in [-0.25, -0.2) is 4.68 Å². The summed E-state index contributed by atoms with van der Waals surface area (Å²) in [6.45, 7) is 8.30. The third-order valence-electron chi connectivity index (χ3n) is 4.68. The maximum Gasteiger partial charge on any atom is 0.237 e. The van der Waals surface area contributed by atoms with E-state index in [-0.39, 0.29) is 11.3 Å². The molecule has 3 rings (SSSR count). The zero-order chi connectivity index (χ0) is 21.9. The van der Waals surface area contributed by atoms with Gasteiger partial charge in [-0.3, -0.25) is 4.79 Å². The smallest absolute Gasteiger partial charge is 0.237 e. The molecule has 30 heavy (non-hydrogen) atoms. The van der Waals surface area contributed by atoms with Crippen molar-refractivity contribution >= 4 is 23.4 Å². The van der Waals surface area contributed by atoms with E-state index in [1.165, 1.54) is 22.0 Å². The van der Waals surface area contributed by atoms with Crippen LogP contribution in [0, 0.1) is 0 Å². The van der Waals surface area contributed by atoms with Crippen LogP contribution in [0.3, 0.4) is 0 Å². The minimum atomic E-state index is -0.408. The lowest BCUT2D eigenvalue weighted by Crippen LogP contribution is -2.23. The summed E-state index contributed by atoms with van der Waals surface area (Å²) in [4.78, 5) is 12.5. The van der Waals surface area contributed by atoms with Gasteiger partial charge in [-0.05, 0) is 42.2 Å². The number of carbonyl (C=O) groups is 1. The lowest BCUT2D eigenvalue weighted by Gasteiger charge is -2.19. The molecule has 0 aliphatic heterocycles. The molecule has 0 saturated heterocycles. The summed E-state index contributed by atoms with van der Waals surface area (Å²) in [6.07, 6.45) is 0. The van der Waals surface area contributed by atoms with Crippen LogP contribution in [0.25, 0.3) is 11.4 Å². The summed E-state index contributed by atoms with van der Waals surface area (Å²) in [5.74, 6) is 7.36. The summed E-state index contributed by atoms with van der Waals surface area (Å²) in [7, 11) is 1.60. The summed E-state index contributed by atoms with van der Waals surface area (Å²) < 4.78 is 6.55. The fraction of sp³-hybridized carbons (Fsp3) is 0.318. The SMILES string of the molecule is COc1ccc(NC(=O)C(C)Sc2nnc(-c3ccc(C(C)(C)C)cc3)n2N)cc1. The number of thioether (sulfide) groups is 1. The van der Waals surface area contributed by atoms with E-state index in [2.05, 4.69) is 48.4 Å². The first-order valence-corrected chi connectivity index (χ1v) is 10.5. The molecule has 0 fully saturated rings. The molecule has 0 radical (unpaired) electrons. The van der Waals surface area contributed by atoms with Crippen molar-refractivity contribution in [3.8, 4) is 17.1 Å². The molecule has 1 amide bonds. The number of amides is 1. The van der Waals surface area contributed by atoms with Gasteiger partial charge in [0, 0.05) is 11.3 Å². The van der Waals surface area contributed by atoms with Gasteiger partial charge in [0.1, 0.15) is 5.75 Å². The lowest BCUT2D eigenvalue weighted by atomic mass is 9.87. The topological polar surface area (TPSA) is 95.1 Å². The summed E-state index contributed by atoms with van der Waals surface area (Å²) >= 11 is 1.26. The Bertz CT molecular complexity index is 1010. The van der Waals surface area contributed by atoms with E-state index in [4.69, 9.17) is 10.6 Å². The van der Waals surface area contributed by atoms with E-state index >= 15 is 0 Å². The van der Waals surface area contributed by atoms with E-state index in [0.717, 1.165) is 11.3 Å². The van der Waals surface area contributed by atoms with Gasteiger partial charge in [0.25, 0.3) is 0 Å². The number of nitrogens with two attached hydrogens (primary N) is 1. The third-order valence-corrected chi connectivity index (χ3v) is 5.74. The number of nitrogens with zero attached hydrogens (tertiary/aromatic N) is 3. The van der Waals surface area contributed by atoms with Crippen LogP contribution in [0.5, 0.6) is 5.75 Å². The molecule has 0 aliphatic carbocycles. The van der Waals surface area contributed by atoms with Crippen molar-refractivity contribution in [2.75, 3.05) is 18.3 Å². The van der Waals surface area contributed by atoms with E-state index in [1.54, 1.807) is 38.3 Å². The molecule has 0 aliphatic rings. The molecule has 1 aromatic heterocycles. The number of anilines is 1. The first-order chi connectivity index (χ1) is 14.2. The molecule has 1 heterocycles. The average Bonchev–Trinajstić information content (AvgIpc) is 3.08. The van der Waals surface area contributed by atoms with Gasteiger partial charge in [-0.15, -0.1) is 10.2 Å². The minimum absolute atomic E-state index is 0.0720. The molecule has 1 atom stereocenters. The van der Waals surface area contributed by atoms with Crippen LogP contribution in [0.4, 0.5) is 5.69 Å². The molecule has 158 valence electrons. The van der Waals surface area contributed by atoms with Gasteiger partial charge >= 0.3 is 0 Å². The number of nitrogens with one attached hydrogen (secondary N) is 1. The highest BCUT2D eigenvalue weighted by Crippen LogP contribution is 2.28. The van der Waals surface area contributed by atoms with Gasteiger partial charge in [0.15, 0.2) is 5.82 Å². The van der Waals surface area contributed by atoms with E-state index < -0.39 is 5.25 Å². The van der Waals surface area contributed by atoms with Crippen molar-refractivity contribution < 1.29 is 9.53 Å². The highest BCUT2D eigenvalue weighted by atomic mass is 32.2. The van der Waals surface area contributed by atoms with Crippen LogP contribution in [0.1, 0.15) is 33.3 Å². The zero-order valence-corrected chi connectivity index (χ0v) is 18.7. The quantitative estimate of drug-likeness (QED) is 0.456. The maximum atomic E-state index is 12.5. The largest absolute Gasteiger partial charge is 0.497 e. The second-order valence-electron chi connectivity index (χ2n) is 7.98. The Balaban J connectivity index is 1.68. The Kier molecular flexibility index (Phi) is 6.36. The monoisotopic (exact) mass is 425 g/mol. The number of rotatable bonds is 6. The average molecular weight is 426 g/mol. The second kappa shape index (κ2) is 8.79. The van der Waals surface area contributed by atoms with Crippen molar-refractivity contribution in [2.24, 2.45) is 0 Å².